The molecule has 0 aliphatic carbocycles. The van der Waals surface area contributed by atoms with Crippen molar-refractivity contribution in [1.29, 1.82) is 0 Å². The lowest BCUT2D eigenvalue weighted by Gasteiger charge is -2.46. The van der Waals surface area contributed by atoms with Crippen molar-refractivity contribution in [3.8, 4) is 11.1 Å². The number of aryl methyl sites for hydroxylation is 1. The van der Waals surface area contributed by atoms with Crippen LogP contribution in [-0.4, -0.2) is 32.8 Å². The normalized spacial score (nSPS) is 20.7. The predicted octanol–water partition coefficient (Wildman–Crippen LogP) is 5.40. The number of carbonyl (C=O) groups excluding carboxylic acids is 1. The van der Waals surface area contributed by atoms with Crippen molar-refractivity contribution in [3.05, 3.63) is 94.4 Å². The SMILES string of the molecule is CCC(C)(O)CC1(c2ccccc2)CCN(C(C)c2ccc(-c3ccn(C)c(=O)c3)cc2)C(=O)O1. The van der Waals surface area contributed by atoms with Crippen molar-refractivity contribution < 1.29 is 14.6 Å². The molecule has 2 heterocycles. The van der Waals surface area contributed by atoms with Gasteiger partial charge < -0.3 is 19.3 Å². The van der Waals surface area contributed by atoms with Crippen molar-refractivity contribution in [2.75, 3.05) is 6.54 Å². The summed E-state index contributed by atoms with van der Waals surface area (Å²) in [5, 5.41) is 10.9. The molecular formula is C29H34N2O4. The van der Waals surface area contributed by atoms with Gasteiger partial charge in [-0.3, -0.25) is 4.79 Å². The van der Waals surface area contributed by atoms with Crippen LogP contribution in [0.4, 0.5) is 4.79 Å². The fourth-order valence-corrected chi connectivity index (χ4v) is 4.79. The molecule has 1 N–H and O–H groups in total. The van der Waals surface area contributed by atoms with E-state index in [1.54, 1.807) is 31.1 Å². The zero-order chi connectivity index (χ0) is 25.2. The number of cyclic esters (lactones) is 1. The number of aliphatic hydroxyl groups is 1. The van der Waals surface area contributed by atoms with Crippen LogP contribution in [0.1, 0.15) is 57.2 Å². The second-order valence-corrected chi connectivity index (χ2v) is 9.86. The maximum absolute atomic E-state index is 13.3. The number of aromatic nitrogens is 1. The van der Waals surface area contributed by atoms with Crippen molar-refractivity contribution in [2.24, 2.45) is 7.05 Å². The summed E-state index contributed by atoms with van der Waals surface area (Å²) < 4.78 is 7.70. The lowest BCUT2D eigenvalue weighted by atomic mass is 9.78. The molecule has 6 heteroatoms. The Labute approximate surface area is 206 Å². The quantitative estimate of drug-likeness (QED) is 0.498. The Kier molecular flexibility index (Phi) is 6.86. The molecule has 35 heavy (non-hydrogen) atoms. The average Bonchev–Trinajstić information content (AvgIpc) is 2.86. The van der Waals surface area contributed by atoms with Crippen LogP contribution in [0, 0.1) is 0 Å². The van der Waals surface area contributed by atoms with Crippen LogP contribution in [-0.2, 0) is 17.4 Å². The molecule has 0 saturated carbocycles. The zero-order valence-electron chi connectivity index (χ0n) is 20.9. The third-order valence-corrected chi connectivity index (χ3v) is 7.30. The number of hydrogen-bond acceptors (Lipinski definition) is 4. The van der Waals surface area contributed by atoms with Gasteiger partial charge in [-0.05, 0) is 48.6 Å². The van der Waals surface area contributed by atoms with Gasteiger partial charge in [0.25, 0.3) is 5.56 Å². The summed E-state index contributed by atoms with van der Waals surface area (Å²) in [6.45, 7) is 6.25. The molecular weight excluding hydrogens is 440 g/mol. The molecule has 4 rings (SSSR count). The van der Waals surface area contributed by atoms with Gasteiger partial charge in [0.15, 0.2) is 0 Å². The van der Waals surface area contributed by atoms with Crippen molar-refractivity contribution in [2.45, 2.75) is 57.3 Å². The summed E-state index contributed by atoms with van der Waals surface area (Å²) in [4.78, 5) is 27.0. The van der Waals surface area contributed by atoms with Crippen LogP contribution >= 0.6 is 0 Å². The minimum Gasteiger partial charge on any atom is -0.438 e. The third-order valence-electron chi connectivity index (χ3n) is 7.30. The van der Waals surface area contributed by atoms with Gasteiger partial charge in [-0.1, -0.05) is 61.5 Å². The first-order valence-electron chi connectivity index (χ1n) is 12.2. The van der Waals surface area contributed by atoms with Crippen molar-refractivity contribution in [1.82, 2.24) is 9.47 Å². The van der Waals surface area contributed by atoms with E-state index in [9.17, 15) is 14.7 Å². The Balaban J connectivity index is 1.54. The molecule has 0 spiro atoms. The fraction of sp³-hybridized carbons (Fsp3) is 0.379. The van der Waals surface area contributed by atoms with E-state index in [2.05, 4.69) is 0 Å². The van der Waals surface area contributed by atoms with E-state index < -0.39 is 11.2 Å². The highest BCUT2D eigenvalue weighted by molar-refractivity contribution is 5.70. The lowest BCUT2D eigenvalue weighted by molar-refractivity contribution is -0.106. The monoisotopic (exact) mass is 474 g/mol. The molecule has 0 radical (unpaired) electrons. The topological polar surface area (TPSA) is 71.8 Å². The summed E-state index contributed by atoms with van der Waals surface area (Å²) in [6.07, 6.45) is 2.88. The summed E-state index contributed by atoms with van der Waals surface area (Å²) in [7, 11) is 1.73. The molecule has 6 nitrogen and oxygen atoms in total. The summed E-state index contributed by atoms with van der Waals surface area (Å²) >= 11 is 0. The molecule has 1 saturated heterocycles. The van der Waals surface area contributed by atoms with Gasteiger partial charge in [-0.2, -0.15) is 0 Å². The van der Waals surface area contributed by atoms with Gasteiger partial charge in [0.1, 0.15) is 5.60 Å². The summed E-state index contributed by atoms with van der Waals surface area (Å²) in [6, 6.07) is 21.0. The first kappa shape index (κ1) is 24.7. The Morgan fingerprint density at radius 1 is 1.06 bits per heavy atom. The number of pyridine rings is 1. The van der Waals surface area contributed by atoms with Gasteiger partial charge >= 0.3 is 6.09 Å². The summed E-state index contributed by atoms with van der Waals surface area (Å²) in [5.74, 6) is 0. The number of rotatable bonds is 7. The van der Waals surface area contributed by atoms with Gasteiger partial charge in [0, 0.05) is 38.7 Å². The second-order valence-electron chi connectivity index (χ2n) is 9.86. The molecule has 1 aliphatic heterocycles. The Morgan fingerprint density at radius 3 is 2.34 bits per heavy atom. The highest BCUT2D eigenvalue weighted by Crippen LogP contribution is 2.43. The fourth-order valence-electron chi connectivity index (χ4n) is 4.79. The van der Waals surface area contributed by atoms with E-state index in [1.807, 2.05) is 74.5 Å². The predicted molar refractivity (Wildman–Crippen MR) is 137 cm³/mol. The smallest absolute Gasteiger partial charge is 0.411 e. The molecule has 3 unspecified atom stereocenters. The van der Waals surface area contributed by atoms with Crippen LogP contribution in [0.3, 0.4) is 0 Å². The number of hydrogen-bond donors (Lipinski definition) is 1. The molecule has 3 atom stereocenters. The van der Waals surface area contributed by atoms with Crippen molar-refractivity contribution in [3.63, 3.8) is 0 Å². The van der Waals surface area contributed by atoms with Crippen molar-refractivity contribution >= 4 is 6.09 Å². The molecule has 1 aromatic heterocycles. The Hall–Kier alpha value is -3.38. The summed E-state index contributed by atoms with van der Waals surface area (Å²) in [5.41, 5.74) is 1.84. The van der Waals surface area contributed by atoms with E-state index in [0.717, 1.165) is 22.3 Å². The molecule has 1 fully saturated rings. The van der Waals surface area contributed by atoms with Crippen LogP contribution < -0.4 is 5.56 Å². The molecule has 2 aromatic carbocycles. The molecule has 184 valence electrons. The van der Waals surface area contributed by atoms with E-state index in [-0.39, 0.29) is 17.7 Å². The highest BCUT2D eigenvalue weighted by Gasteiger charge is 2.46. The molecule has 1 amide bonds. The lowest BCUT2D eigenvalue weighted by Crippen LogP contribution is -2.51. The number of carbonyl (C=O) groups is 1. The number of benzene rings is 2. The molecule has 3 aromatic rings. The minimum absolute atomic E-state index is 0.0556. The molecule has 0 bridgehead atoms. The highest BCUT2D eigenvalue weighted by atomic mass is 16.6. The average molecular weight is 475 g/mol. The standard InChI is InChI=1S/C29H34N2O4/c1-5-28(3,34)20-29(25-9-7-6-8-10-25)16-18-31(27(33)35-29)21(2)22-11-13-23(14-12-22)24-15-17-30(4)26(32)19-24/h6-15,17,19,21,34H,5,16,18,20H2,1-4H3. The maximum atomic E-state index is 13.3. The van der Waals surface area contributed by atoms with Crippen LogP contribution in [0.25, 0.3) is 11.1 Å². The maximum Gasteiger partial charge on any atom is 0.411 e. The second kappa shape index (κ2) is 9.70. The van der Waals surface area contributed by atoms with Crippen LogP contribution in [0.15, 0.2) is 77.7 Å². The minimum atomic E-state index is -0.946. The largest absolute Gasteiger partial charge is 0.438 e. The van der Waals surface area contributed by atoms with Gasteiger partial charge in [0.2, 0.25) is 0 Å². The van der Waals surface area contributed by atoms with Crippen LogP contribution in [0.5, 0.6) is 0 Å². The van der Waals surface area contributed by atoms with Crippen LogP contribution in [0.2, 0.25) is 0 Å². The number of amides is 1. The van der Waals surface area contributed by atoms with E-state index in [4.69, 9.17) is 4.74 Å². The first-order valence-corrected chi connectivity index (χ1v) is 12.2. The zero-order valence-corrected chi connectivity index (χ0v) is 20.9. The van der Waals surface area contributed by atoms with E-state index >= 15 is 0 Å². The van der Waals surface area contributed by atoms with Gasteiger partial charge in [-0.25, -0.2) is 4.79 Å². The van der Waals surface area contributed by atoms with Gasteiger partial charge in [-0.15, -0.1) is 0 Å². The van der Waals surface area contributed by atoms with E-state index in [0.29, 0.717) is 25.8 Å². The Bertz CT molecular complexity index is 1230. The third kappa shape index (κ3) is 5.17. The Morgan fingerprint density at radius 2 is 1.74 bits per heavy atom. The number of nitrogens with zero attached hydrogens (tertiary/aromatic N) is 2. The molecule has 1 aliphatic rings. The van der Waals surface area contributed by atoms with Gasteiger partial charge in [0.05, 0.1) is 11.6 Å². The van der Waals surface area contributed by atoms with E-state index in [1.165, 1.54) is 4.57 Å². The first-order chi connectivity index (χ1) is 16.6. The number of ether oxygens (including phenoxy) is 1.